The van der Waals surface area contributed by atoms with Gasteiger partial charge in [0.05, 0.1) is 27.3 Å². The number of thiazole rings is 1. The third-order valence-corrected chi connectivity index (χ3v) is 6.11. The van der Waals surface area contributed by atoms with Crippen LogP contribution in [0, 0.1) is 6.92 Å². The SMILES string of the molecule is Cc1nc(CN(C)C(=O)CCCCc2nc3ccccc3s2)nc2ccccc12. The van der Waals surface area contributed by atoms with Crippen LogP contribution in [0.3, 0.4) is 0 Å². The predicted molar refractivity (Wildman–Crippen MR) is 118 cm³/mol. The molecule has 0 spiro atoms. The van der Waals surface area contributed by atoms with Crippen molar-refractivity contribution in [2.24, 2.45) is 0 Å². The van der Waals surface area contributed by atoms with E-state index in [0.717, 1.165) is 46.4 Å². The lowest BCUT2D eigenvalue weighted by Gasteiger charge is -2.17. The van der Waals surface area contributed by atoms with Crippen LogP contribution in [0.5, 0.6) is 0 Å². The number of carbonyl (C=O) groups excluding carboxylic acids is 1. The summed E-state index contributed by atoms with van der Waals surface area (Å²) in [4.78, 5) is 28.1. The van der Waals surface area contributed by atoms with Crippen LogP contribution in [0.2, 0.25) is 0 Å². The van der Waals surface area contributed by atoms with Crippen molar-refractivity contribution in [3.05, 3.63) is 65.1 Å². The smallest absolute Gasteiger partial charge is 0.222 e. The summed E-state index contributed by atoms with van der Waals surface area (Å²) in [5.41, 5.74) is 2.93. The molecule has 0 N–H and O–H groups in total. The molecule has 29 heavy (non-hydrogen) atoms. The zero-order chi connectivity index (χ0) is 20.2. The van der Waals surface area contributed by atoms with Gasteiger partial charge in [0.15, 0.2) is 0 Å². The Morgan fingerprint density at radius 1 is 0.966 bits per heavy atom. The van der Waals surface area contributed by atoms with Crippen LogP contribution >= 0.6 is 11.3 Å². The number of amides is 1. The van der Waals surface area contributed by atoms with Gasteiger partial charge in [0.1, 0.15) is 5.82 Å². The summed E-state index contributed by atoms with van der Waals surface area (Å²) in [5, 5.41) is 2.20. The predicted octanol–water partition coefficient (Wildman–Crippen LogP) is 4.92. The summed E-state index contributed by atoms with van der Waals surface area (Å²) in [5.74, 6) is 0.815. The highest BCUT2D eigenvalue weighted by Gasteiger charge is 2.12. The van der Waals surface area contributed by atoms with Gasteiger partial charge in [-0.05, 0) is 44.4 Å². The molecule has 0 atom stereocenters. The lowest BCUT2D eigenvalue weighted by molar-refractivity contribution is -0.130. The number of benzene rings is 2. The highest BCUT2D eigenvalue weighted by molar-refractivity contribution is 7.18. The molecule has 0 radical (unpaired) electrons. The van der Waals surface area contributed by atoms with Crippen molar-refractivity contribution < 1.29 is 4.79 Å². The minimum absolute atomic E-state index is 0.128. The van der Waals surface area contributed by atoms with Gasteiger partial charge in [0, 0.05) is 24.5 Å². The molecule has 5 nitrogen and oxygen atoms in total. The first kappa shape index (κ1) is 19.5. The Labute approximate surface area is 174 Å². The van der Waals surface area contributed by atoms with Crippen molar-refractivity contribution in [3.63, 3.8) is 0 Å². The van der Waals surface area contributed by atoms with E-state index in [-0.39, 0.29) is 5.91 Å². The number of aromatic nitrogens is 3. The molecule has 4 aromatic rings. The van der Waals surface area contributed by atoms with Gasteiger partial charge >= 0.3 is 0 Å². The second kappa shape index (κ2) is 8.66. The van der Waals surface area contributed by atoms with Gasteiger partial charge in [-0.25, -0.2) is 15.0 Å². The summed E-state index contributed by atoms with van der Waals surface area (Å²) < 4.78 is 1.23. The molecule has 2 aromatic heterocycles. The number of hydrogen-bond acceptors (Lipinski definition) is 5. The van der Waals surface area contributed by atoms with Crippen LogP contribution in [0.15, 0.2) is 48.5 Å². The van der Waals surface area contributed by atoms with Gasteiger partial charge in [-0.15, -0.1) is 11.3 Å². The van der Waals surface area contributed by atoms with Crippen molar-refractivity contribution in [3.8, 4) is 0 Å². The van der Waals surface area contributed by atoms with Crippen molar-refractivity contribution >= 4 is 38.4 Å². The van der Waals surface area contributed by atoms with E-state index in [1.807, 2.05) is 56.4 Å². The van der Waals surface area contributed by atoms with E-state index in [1.165, 1.54) is 4.70 Å². The minimum Gasteiger partial charge on any atom is -0.338 e. The summed E-state index contributed by atoms with van der Waals surface area (Å²) in [7, 11) is 1.82. The number of hydrogen-bond donors (Lipinski definition) is 0. The molecule has 0 saturated heterocycles. The minimum atomic E-state index is 0.128. The van der Waals surface area contributed by atoms with Crippen LogP contribution in [0.25, 0.3) is 21.1 Å². The Hall–Kier alpha value is -2.86. The Bertz CT molecular complexity index is 1120. The average molecular weight is 405 g/mol. The zero-order valence-electron chi connectivity index (χ0n) is 16.8. The number of para-hydroxylation sites is 2. The topological polar surface area (TPSA) is 59.0 Å². The molecule has 0 fully saturated rings. The first-order valence-electron chi connectivity index (χ1n) is 9.91. The largest absolute Gasteiger partial charge is 0.338 e. The van der Waals surface area contributed by atoms with Crippen LogP contribution in [0.4, 0.5) is 0 Å². The normalized spacial score (nSPS) is 11.2. The van der Waals surface area contributed by atoms with E-state index in [0.29, 0.717) is 18.8 Å². The van der Waals surface area contributed by atoms with E-state index in [1.54, 1.807) is 16.2 Å². The first-order valence-corrected chi connectivity index (χ1v) is 10.7. The highest BCUT2D eigenvalue weighted by Crippen LogP contribution is 2.23. The number of unbranched alkanes of at least 4 members (excludes halogenated alkanes) is 1. The summed E-state index contributed by atoms with van der Waals surface area (Å²) >= 11 is 1.74. The van der Waals surface area contributed by atoms with Gasteiger partial charge in [-0.2, -0.15) is 0 Å². The molecule has 4 rings (SSSR count). The fourth-order valence-electron chi connectivity index (χ4n) is 3.44. The number of nitrogens with zero attached hydrogens (tertiary/aromatic N) is 4. The number of fused-ring (bicyclic) bond motifs is 2. The van der Waals surface area contributed by atoms with E-state index in [2.05, 4.69) is 21.0 Å². The molecule has 148 valence electrons. The first-order chi connectivity index (χ1) is 14.1. The molecule has 0 saturated carbocycles. The molecule has 0 bridgehead atoms. The van der Waals surface area contributed by atoms with Gasteiger partial charge in [-0.3, -0.25) is 4.79 Å². The highest BCUT2D eigenvalue weighted by atomic mass is 32.1. The van der Waals surface area contributed by atoms with E-state index >= 15 is 0 Å². The van der Waals surface area contributed by atoms with Crippen molar-refractivity contribution in [2.45, 2.75) is 39.2 Å². The Morgan fingerprint density at radius 2 is 1.72 bits per heavy atom. The van der Waals surface area contributed by atoms with Crippen molar-refractivity contribution in [1.29, 1.82) is 0 Å². The van der Waals surface area contributed by atoms with E-state index in [9.17, 15) is 4.79 Å². The maximum absolute atomic E-state index is 12.5. The van der Waals surface area contributed by atoms with Crippen LogP contribution in [0.1, 0.15) is 35.8 Å². The summed E-state index contributed by atoms with van der Waals surface area (Å²) in [6.45, 7) is 2.42. The molecule has 1 amide bonds. The Morgan fingerprint density at radius 3 is 2.55 bits per heavy atom. The molecule has 0 aliphatic rings. The zero-order valence-corrected chi connectivity index (χ0v) is 17.6. The van der Waals surface area contributed by atoms with Crippen molar-refractivity contribution in [2.75, 3.05) is 7.05 Å². The van der Waals surface area contributed by atoms with E-state index < -0.39 is 0 Å². The summed E-state index contributed by atoms with van der Waals surface area (Å²) in [6, 6.07) is 16.2. The molecule has 2 heterocycles. The van der Waals surface area contributed by atoms with Gasteiger partial charge < -0.3 is 4.90 Å². The fourth-order valence-corrected chi connectivity index (χ4v) is 4.45. The quantitative estimate of drug-likeness (QED) is 0.410. The standard InChI is InChI=1S/C23H24N4OS/c1-16-17-9-3-4-10-18(17)25-21(24-16)15-27(2)23(28)14-8-7-13-22-26-19-11-5-6-12-20(19)29-22/h3-6,9-12H,7-8,13-15H2,1-2H3. The molecule has 0 unspecified atom stereocenters. The van der Waals surface area contributed by atoms with Gasteiger partial charge in [0.25, 0.3) is 0 Å². The molecule has 0 aliphatic heterocycles. The second-order valence-electron chi connectivity index (χ2n) is 7.27. The van der Waals surface area contributed by atoms with Crippen molar-refractivity contribution in [1.82, 2.24) is 19.9 Å². The lowest BCUT2D eigenvalue weighted by Crippen LogP contribution is -2.27. The molecular weight excluding hydrogens is 380 g/mol. The third-order valence-electron chi connectivity index (χ3n) is 5.01. The monoisotopic (exact) mass is 404 g/mol. The average Bonchev–Trinajstić information content (AvgIpc) is 3.14. The summed E-state index contributed by atoms with van der Waals surface area (Å²) in [6.07, 6.45) is 3.28. The van der Waals surface area contributed by atoms with Crippen LogP contribution in [-0.2, 0) is 17.8 Å². The molecule has 2 aromatic carbocycles. The number of carbonyl (C=O) groups is 1. The Kier molecular flexibility index (Phi) is 5.81. The fraction of sp³-hybridized carbons (Fsp3) is 0.304. The maximum atomic E-state index is 12.5. The molecule has 0 aliphatic carbocycles. The maximum Gasteiger partial charge on any atom is 0.222 e. The lowest BCUT2D eigenvalue weighted by atomic mass is 10.2. The van der Waals surface area contributed by atoms with Gasteiger partial charge in [0.2, 0.25) is 5.91 Å². The van der Waals surface area contributed by atoms with Gasteiger partial charge in [-0.1, -0.05) is 30.3 Å². The van der Waals surface area contributed by atoms with Crippen LogP contribution < -0.4 is 0 Å². The third kappa shape index (κ3) is 4.59. The molecule has 6 heteroatoms. The number of rotatable bonds is 7. The Balaban J connectivity index is 1.28. The van der Waals surface area contributed by atoms with Crippen LogP contribution in [-0.4, -0.2) is 32.8 Å². The van der Waals surface area contributed by atoms with E-state index in [4.69, 9.17) is 0 Å². The second-order valence-corrected chi connectivity index (χ2v) is 8.39. The number of aryl methyl sites for hydroxylation is 2. The molecular formula is C23H24N4OS.